The summed E-state index contributed by atoms with van der Waals surface area (Å²) in [5, 5.41) is 2.97. The highest BCUT2D eigenvalue weighted by molar-refractivity contribution is 6.03. The smallest absolute Gasteiger partial charge is 0.232 e. The Hall–Kier alpha value is -2.88. The minimum atomic E-state index is -0.148. The fourth-order valence-corrected chi connectivity index (χ4v) is 2.96. The molecule has 0 saturated heterocycles. The van der Waals surface area contributed by atoms with Crippen LogP contribution < -0.4 is 5.32 Å². The second-order valence-corrected chi connectivity index (χ2v) is 5.49. The second kappa shape index (κ2) is 5.15. The van der Waals surface area contributed by atoms with Crippen LogP contribution in [0.15, 0.2) is 61.1 Å². The van der Waals surface area contributed by atoms with Crippen LogP contribution in [0.1, 0.15) is 17.2 Å². The van der Waals surface area contributed by atoms with Crippen LogP contribution in [0.4, 0.5) is 5.69 Å². The van der Waals surface area contributed by atoms with Gasteiger partial charge in [0.1, 0.15) is 0 Å². The summed E-state index contributed by atoms with van der Waals surface area (Å²) in [5.74, 6) is -0.0850. The molecular weight excluding hydrogens is 274 g/mol. The third-order valence-electron chi connectivity index (χ3n) is 4.08. The minimum Gasteiger partial charge on any atom is -0.365 e. The Morgan fingerprint density at radius 2 is 2.05 bits per heavy atom. The fourth-order valence-electron chi connectivity index (χ4n) is 2.96. The van der Waals surface area contributed by atoms with Gasteiger partial charge in [0.05, 0.1) is 5.92 Å². The van der Waals surface area contributed by atoms with E-state index in [-0.39, 0.29) is 11.8 Å². The molecule has 0 bridgehead atoms. The van der Waals surface area contributed by atoms with Gasteiger partial charge in [0.25, 0.3) is 0 Å². The zero-order valence-corrected chi connectivity index (χ0v) is 11.9. The van der Waals surface area contributed by atoms with Gasteiger partial charge in [0, 0.05) is 36.4 Å². The molecule has 22 heavy (non-hydrogen) atoms. The van der Waals surface area contributed by atoms with E-state index in [9.17, 15) is 4.79 Å². The first kappa shape index (κ1) is 12.8. The molecule has 1 unspecified atom stereocenters. The molecule has 1 aliphatic heterocycles. The maximum absolute atomic E-state index is 12.3. The molecule has 1 aliphatic rings. The molecule has 0 spiro atoms. The van der Waals surface area contributed by atoms with Gasteiger partial charge in [-0.2, -0.15) is 0 Å². The van der Waals surface area contributed by atoms with Crippen molar-refractivity contribution in [1.29, 1.82) is 0 Å². The number of aromatic amines is 1. The molecule has 1 aromatic carbocycles. The first-order valence-electron chi connectivity index (χ1n) is 7.29. The van der Waals surface area contributed by atoms with Crippen molar-refractivity contribution in [3.05, 3.63) is 72.3 Å². The Morgan fingerprint density at radius 1 is 1.09 bits per heavy atom. The Bertz CT molecular complexity index is 810. The lowest BCUT2D eigenvalue weighted by Gasteiger charge is -2.09. The van der Waals surface area contributed by atoms with Gasteiger partial charge < -0.3 is 10.3 Å². The van der Waals surface area contributed by atoms with E-state index in [4.69, 9.17) is 0 Å². The van der Waals surface area contributed by atoms with E-state index in [0.29, 0.717) is 6.42 Å². The molecule has 0 fully saturated rings. The van der Waals surface area contributed by atoms with Crippen molar-refractivity contribution in [2.45, 2.75) is 12.3 Å². The van der Waals surface area contributed by atoms with E-state index in [1.165, 1.54) is 0 Å². The Morgan fingerprint density at radius 3 is 2.82 bits per heavy atom. The lowest BCUT2D eigenvalue weighted by molar-refractivity contribution is -0.117. The first-order valence-corrected chi connectivity index (χ1v) is 7.29. The molecule has 0 aliphatic carbocycles. The predicted molar refractivity (Wildman–Crippen MR) is 85.5 cm³/mol. The van der Waals surface area contributed by atoms with E-state index in [1.54, 1.807) is 6.20 Å². The number of H-pyrrole nitrogens is 1. The number of carbonyl (C=O) groups excluding carboxylic acids is 1. The highest BCUT2D eigenvalue weighted by Gasteiger charge is 2.31. The van der Waals surface area contributed by atoms with E-state index in [1.807, 2.05) is 48.8 Å². The number of nitrogens with one attached hydrogen (secondary N) is 2. The van der Waals surface area contributed by atoms with Gasteiger partial charge in [-0.05, 0) is 47.0 Å². The number of pyridine rings is 1. The number of aromatic nitrogens is 2. The summed E-state index contributed by atoms with van der Waals surface area (Å²) in [7, 11) is 0. The summed E-state index contributed by atoms with van der Waals surface area (Å²) < 4.78 is 0. The molecule has 4 rings (SSSR count). The van der Waals surface area contributed by atoms with Crippen molar-refractivity contribution >= 4 is 11.6 Å². The largest absolute Gasteiger partial charge is 0.365 e. The summed E-state index contributed by atoms with van der Waals surface area (Å²) in [4.78, 5) is 19.6. The third-order valence-corrected chi connectivity index (χ3v) is 4.08. The van der Waals surface area contributed by atoms with Crippen molar-refractivity contribution in [3.63, 3.8) is 0 Å². The van der Waals surface area contributed by atoms with Gasteiger partial charge in [-0.1, -0.05) is 12.1 Å². The molecule has 0 saturated carbocycles. The molecule has 1 amide bonds. The van der Waals surface area contributed by atoms with E-state index >= 15 is 0 Å². The Kier molecular flexibility index (Phi) is 3.00. The zero-order valence-electron chi connectivity index (χ0n) is 11.9. The zero-order chi connectivity index (χ0) is 14.9. The number of amides is 1. The molecule has 1 atom stereocenters. The molecule has 4 heteroatoms. The van der Waals surface area contributed by atoms with E-state index in [2.05, 4.69) is 21.4 Å². The standard InChI is InChI=1S/C18H15N3O/c22-18-16(10-14-4-2-8-20-14)15-9-12(5-6-17(15)21-18)13-3-1-7-19-11-13/h1-9,11,16,20H,10H2,(H,21,22). The van der Waals surface area contributed by atoms with Crippen molar-refractivity contribution in [3.8, 4) is 11.1 Å². The molecule has 0 radical (unpaired) electrons. The predicted octanol–water partition coefficient (Wildman–Crippen LogP) is 3.36. The maximum Gasteiger partial charge on any atom is 0.232 e. The van der Waals surface area contributed by atoms with Gasteiger partial charge in [-0.25, -0.2) is 0 Å². The lowest BCUT2D eigenvalue weighted by Crippen LogP contribution is -2.14. The van der Waals surface area contributed by atoms with Crippen LogP contribution in [0.5, 0.6) is 0 Å². The average molecular weight is 289 g/mol. The first-order chi connectivity index (χ1) is 10.8. The number of anilines is 1. The molecule has 108 valence electrons. The topological polar surface area (TPSA) is 57.8 Å². The van der Waals surface area contributed by atoms with Crippen LogP contribution >= 0.6 is 0 Å². The molecule has 2 N–H and O–H groups in total. The van der Waals surface area contributed by atoms with Gasteiger partial charge in [-0.3, -0.25) is 9.78 Å². The van der Waals surface area contributed by atoms with Gasteiger partial charge in [0.2, 0.25) is 5.91 Å². The summed E-state index contributed by atoms with van der Waals surface area (Å²) >= 11 is 0. The molecule has 2 aromatic heterocycles. The van der Waals surface area contributed by atoms with Gasteiger partial charge in [0.15, 0.2) is 0 Å². The lowest BCUT2D eigenvalue weighted by atomic mass is 9.93. The van der Waals surface area contributed by atoms with Crippen LogP contribution in [0, 0.1) is 0 Å². The number of hydrogen-bond donors (Lipinski definition) is 2. The van der Waals surface area contributed by atoms with Crippen molar-refractivity contribution in [2.75, 3.05) is 5.32 Å². The summed E-state index contributed by atoms with van der Waals surface area (Å²) in [6.45, 7) is 0. The van der Waals surface area contributed by atoms with Crippen molar-refractivity contribution < 1.29 is 4.79 Å². The second-order valence-electron chi connectivity index (χ2n) is 5.49. The summed E-state index contributed by atoms with van der Waals surface area (Å²) in [6.07, 6.45) is 6.17. The fraction of sp³-hybridized carbons (Fsp3) is 0.111. The van der Waals surface area contributed by atoms with Gasteiger partial charge in [-0.15, -0.1) is 0 Å². The van der Waals surface area contributed by atoms with Crippen LogP contribution in [-0.2, 0) is 11.2 Å². The molecule has 3 aromatic rings. The minimum absolute atomic E-state index is 0.0629. The number of rotatable bonds is 3. The van der Waals surface area contributed by atoms with Crippen LogP contribution in [0.2, 0.25) is 0 Å². The number of nitrogens with zero attached hydrogens (tertiary/aromatic N) is 1. The van der Waals surface area contributed by atoms with E-state index in [0.717, 1.165) is 28.1 Å². The Balaban J connectivity index is 1.72. The Labute approximate surface area is 128 Å². The van der Waals surface area contributed by atoms with Gasteiger partial charge >= 0.3 is 0 Å². The number of benzene rings is 1. The number of carbonyl (C=O) groups is 1. The third kappa shape index (κ3) is 2.19. The van der Waals surface area contributed by atoms with Crippen LogP contribution in [0.25, 0.3) is 11.1 Å². The molecule has 4 nitrogen and oxygen atoms in total. The highest BCUT2D eigenvalue weighted by Crippen LogP contribution is 2.37. The monoisotopic (exact) mass is 289 g/mol. The van der Waals surface area contributed by atoms with Crippen molar-refractivity contribution in [1.82, 2.24) is 9.97 Å². The van der Waals surface area contributed by atoms with Crippen LogP contribution in [0.3, 0.4) is 0 Å². The quantitative estimate of drug-likeness (QED) is 0.776. The highest BCUT2D eigenvalue weighted by atomic mass is 16.2. The number of fused-ring (bicyclic) bond motifs is 1. The SMILES string of the molecule is O=C1Nc2ccc(-c3cccnc3)cc2C1Cc1ccc[nH]1. The van der Waals surface area contributed by atoms with Crippen molar-refractivity contribution in [2.24, 2.45) is 0 Å². The van der Waals surface area contributed by atoms with Crippen LogP contribution in [-0.4, -0.2) is 15.9 Å². The normalized spacial score (nSPS) is 16.4. The maximum atomic E-state index is 12.3. The summed E-state index contributed by atoms with van der Waals surface area (Å²) in [6, 6.07) is 14.0. The van der Waals surface area contributed by atoms with E-state index < -0.39 is 0 Å². The molecular formula is C18H15N3O. The number of hydrogen-bond acceptors (Lipinski definition) is 2. The average Bonchev–Trinajstić information content (AvgIpc) is 3.17. The summed E-state index contributed by atoms with van der Waals surface area (Å²) in [5.41, 5.74) is 5.18. The molecule has 3 heterocycles.